The first-order valence-electron chi connectivity index (χ1n) is 9.06. The molecule has 0 spiro atoms. The molecule has 0 saturated heterocycles. The van der Waals surface area contributed by atoms with Crippen LogP contribution in [0.25, 0.3) is 20.3 Å². The summed E-state index contributed by atoms with van der Waals surface area (Å²) in [6, 6.07) is 8.30. The van der Waals surface area contributed by atoms with Gasteiger partial charge in [0.25, 0.3) is 0 Å². The molecule has 0 aromatic carbocycles. The molecule has 0 aliphatic rings. The van der Waals surface area contributed by atoms with Crippen molar-refractivity contribution in [3.8, 4) is 44.0 Å². The quantitative estimate of drug-likeness (QED) is 0.369. The van der Waals surface area contributed by atoms with Crippen LogP contribution >= 0.6 is 34.0 Å². The molecular formula is C23H17N3S3. The number of thiazole rings is 2. The molecule has 6 heteroatoms. The zero-order valence-corrected chi connectivity index (χ0v) is 18.5. The molecule has 0 bridgehead atoms. The fourth-order valence-corrected chi connectivity index (χ4v) is 5.25. The molecule has 0 amide bonds. The van der Waals surface area contributed by atoms with Crippen LogP contribution in [0.15, 0.2) is 42.9 Å². The standard InChI is InChI=1S/C23H17N3S3/c1-3-6-22-25-14-20(28-22)21-15-26-23(29-21)8-5-4-7-17-10-11-18(24-13-17)19-12-9-16(2)27-19/h9-15H,5,8H2,1-2H3. The Kier molecular flexibility index (Phi) is 6.17. The number of pyridine rings is 1. The second-order valence-corrected chi connectivity index (χ2v) is 9.60. The first-order chi connectivity index (χ1) is 14.2. The normalized spacial score (nSPS) is 10.1. The summed E-state index contributed by atoms with van der Waals surface area (Å²) in [4.78, 5) is 18.1. The lowest BCUT2D eigenvalue weighted by atomic mass is 10.2. The second-order valence-electron chi connectivity index (χ2n) is 6.17. The first-order valence-corrected chi connectivity index (χ1v) is 11.5. The molecule has 0 radical (unpaired) electrons. The average molecular weight is 432 g/mol. The molecule has 29 heavy (non-hydrogen) atoms. The Morgan fingerprint density at radius 3 is 2.45 bits per heavy atom. The zero-order valence-electron chi connectivity index (χ0n) is 16.0. The Balaban J connectivity index is 1.34. The zero-order chi connectivity index (χ0) is 20.1. The van der Waals surface area contributed by atoms with Gasteiger partial charge in [-0.15, -0.1) is 34.0 Å². The molecule has 4 aromatic heterocycles. The Labute approximate surface area is 182 Å². The molecule has 4 aromatic rings. The predicted molar refractivity (Wildman–Crippen MR) is 123 cm³/mol. The van der Waals surface area contributed by atoms with E-state index in [1.165, 1.54) is 9.75 Å². The number of aromatic nitrogens is 3. The van der Waals surface area contributed by atoms with Crippen LogP contribution in [0.3, 0.4) is 0 Å². The van der Waals surface area contributed by atoms with E-state index in [4.69, 9.17) is 0 Å². The number of hydrogen-bond acceptors (Lipinski definition) is 6. The van der Waals surface area contributed by atoms with E-state index in [1.807, 2.05) is 37.6 Å². The third kappa shape index (κ3) is 4.99. The summed E-state index contributed by atoms with van der Waals surface area (Å²) < 4.78 is 0. The highest BCUT2D eigenvalue weighted by molar-refractivity contribution is 7.22. The average Bonchev–Trinajstić information content (AvgIpc) is 3.47. The fourth-order valence-electron chi connectivity index (χ4n) is 2.61. The molecule has 142 valence electrons. The van der Waals surface area contributed by atoms with Gasteiger partial charge in [0.15, 0.2) is 5.01 Å². The maximum absolute atomic E-state index is 4.53. The highest BCUT2D eigenvalue weighted by atomic mass is 32.1. The van der Waals surface area contributed by atoms with Crippen molar-refractivity contribution >= 4 is 34.0 Å². The van der Waals surface area contributed by atoms with E-state index in [0.717, 1.165) is 43.9 Å². The van der Waals surface area contributed by atoms with Crippen molar-refractivity contribution < 1.29 is 0 Å². The van der Waals surface area contributed by atoms with Gasteiger partial charge < -0.3 is 0 Å². The molecule has 0 aliphatic carbocycles. The summed E-state index contributed by atoms with van der Waals surface area (Å²) in [5.41, 5.74) is 1.94. The van der Waals surface area contributed by atoms with Gasteiger partial charge in [-0.25, -0.2) is 9.97 Å². The highest BCUT2D eigenvalue weighted by Crippen LogP contribution is 2.31. The van der Waals surface area contributed by atoms with Gasteiger partial charge >= 0.3 is 0 Å². The lowest BCUT2D eigenvalue weighted by Crippen LogP contribution is -1.83. The maximum Gasteiger partial charge on any atom is 0.167 e. The third-order valence-electron chi connectivity index (χ3n) is 3.99. The van der Waals surface area contributed by atoms with Crippen molar-refractivity contribution in [3.63, 3.8) is 0 Å². The summed E-state index contributed by atoms with van der Waals surface area (Å²) in [6.07, 6.45) is 7.25. The number of hydrogen-bond donors (Lipinski definition) is 0. The van der Waals surface area contributed by atoms with Crippen molar-refractivity contribution in [1.82, 2.24) is 15.0 Å². The van der Waals surface area contributed by atoms with Crippen LogP contribution in [-0.4, -0.2) is 15.0 Å². The monoisotopic (exact) mass is 431 g/mol. The Morgan fingerprint density at radius 1 is 0.828 bits per heavy atom. The third-order valence-corrected chi connectivity index (χ3v) is 7.18. The van der Waals surface area contributed by atoms with E-state index in [1.54, 1.807) is 34.0 Å². The van der Waals surface area contributed by atoms with E-state index in [9.17, 15) is 0 Å². The summed E-state index contributed by atoms with van der Waals surface area (Å²) in [6.45, 7) is 3.93. The maximum atomic E-state index is 4.53. The van der Waals surface area contributed by atoms with Crippen LogP contribution in [0.4, 0.5) is 0 Å². The fraction of sp³-hybridized carbons (Fsp3) is 0.174. The minimum Gasteiger partial charge on any atom is -0.254 e. The predicted octanol–water partition coefficient (Wildman–Crippen LogP) is 6.05. The number of rotatable bonds is 4. The lowest BCUT2D eigenvalue weighted by molar-refractivity contribution is 1.00. The van der Waals surface area contributed by atoms with Crippen molar-refractivity contribution in [2.24, 2.45) is 0 Å². The van der Waals surface area contributed by atoms with Crippen molar-refractivity contribution in [3.05, 3.63) is 63.3 Å². The topological polar surface area (TPSA) is 38.7 Å². The SMILES string of the molecule is CC#Cc1ncc(-c2cnc(CCC#Cc3ccc(-c4ccc(C)s4)nc3)s2)s1. The number of thiophene rings is 1. The van der Waals surface area contributed by atoms with Gasteiger partial charge in [-0.3, -0.25) is 4.98 Å². The largest absolute Gasteiger partial charge is 0.254 e. The summed E-state index contributed by atoms with van der Waals surface area (Å²) >= 11 is 5.05. The summed E-state index contributed by atoms with van der Waals surface area (Å²) in [7, 11) is 0. The second kappa shape index (κ2) is 9.15. The molecule has 0 atom stereocenters. The van der Waals surface area contributed by atoms with Gasteiger partial charge in [-0.1, -0.05) is 17.8 Å². The Morgan fingerprint density at radius 2 is 1.69 bits per heavy atom. The molecule has 0 N–H and O–H groups in total. The van der Waals surface area contributed by atoms with Crippen LogP contribution in [0.1, 0.15) is 33.8 Å². The Bertz CT molecular complexity index is 1240. The lowest BCUT2D eigenvalue weighted by Gasteiger charge is -1.96. The molecule has 0 fully saturated rings. The van der Waals surface area contributed by atoms with Gasteiger partial charge in [-0.2, -0.15) is 0 Å². The smallest absolute Gasteiger partial charge is 0.167 e. The molecule has 4 heterocycles. The van der Waals surface area contributed by atoms with Gasteiger partial charge in [0, 0.05) is 41.9 Å². The van der Waals surface area contributed by atoms with E-state index in [-0.39, 0.29) is 0 Å². The minimum absolute atomic E-state index is 0.772. The van der Waals surface area contributed by atoms with Crippen molar-refractivity contribution in [2.75, 3.05) is 0 Å². The molecule has 3 nitrogen and oxygen atoms in total. The van der Waals surface area contributed by atoms with Gasteiger partial charge in [0.05, 0.1) is 25.3 Å². The van der Waals surface area contributed by atoms with Crippen LogP contribution in [-0.2, 0) is 6.42 Å². The van der Waals surface area contributed by atoms with Gasteiger partial charge in [0.2, 0.25) is 0 Å². The summed E-state index contributed by atoms with van der Waals surface area (Å²) in [5, 5.41) is 1.93. The molecule has 0 saturated carbocycles. The Hall–Kier alpha value is -2.77. The first kappa shape index (κ1) is 19.5. The minimum atomic E-state index is 0.772. The number of nitrogens with zero attached hydrogens (tertiary/aromatic N) is 3. The van der Waals surface area contributed by atoms with Gasteiger partial charge in [0.1, 0.15) is 0 Å². The summed E-state index contributed by atoms with van der Waals surface area (Å²) in [5.74, 6) is 12.3. The van der Waals surface area contributed by atoms with Crippen LogP contribution in [0, 0.1) is 30.6 Å². The highest BCUT2D eigenvalue weighted by Gasteiger charge is 2.07. The van der Waals surface area contributed by atoms with E-state index in [0.29, 0.717) is 0 Å². The van der Waals surface area contributed by atoms with E-state index >= 15 is 0 Å². The van der Waals surface area contributed by atoms with E-state index in [2.05, 4.69) is 57.7 Å². The van der Waals surface area contributed by atoms with Crippen LogP contribution < -0.4 is 0 Å². The van der Waals surface area contributed by atoms with Crippen LogP contribution in [0.5, 0.6) is 0 Å². The van der Waals surface area contributed by atoms with Crippen molar-refractivity contribution in [1.29, 1.82) is 0 Å². The van der Waals surface area contributed by atoms with E-state index < -0.39 is 0 Å². The molecule has 0 unspecified atom stereocenters. The van der Waals surface area contributed by atoms with Gasteiger partial charge in [-0.05, 0) is 44.0 Å². The van der Waals surface area contributed by atoms with Crippen LogP contribution in [0.2, 0.25) is 0 Å². The molecular weight excluding hydrogens is 414 g/mol. The number of aryl methyl sites for hydroxylation is 2. The molecule has 4 rings (SSSR count). The molecule has 0 aliphatic heterocycles. The van der Waals surface area contributed by atoms with Crippen molar-refractivity contribution in [2.45, 2.75) is 26.7 Å².